The minimum Gasteiger partial charge on any atom is -0.478 e. The Morgan fingerprint density at radius 3 is 2.64 bits per heavy atom. The van der Waals surface area contributed by atoms with E-state index in [1.807, 2.05) is 0 Å². The molecule has 2 aliphatic rings. The third-order valence-electron chi connectivity index (χ3n) is 6.84. The van der Waals surface area contributed by atoms with Gasteiger partial charge in [-0.05, 0) is 37.3 Å². The number of carboxylic acids is 1. The number of rotatable bonds is 6. The molecule has 6 nitrogen and oxygen atoms in total. The lowest BCUT2D eigenvalue weighted by atomic mass is 10.1. The summed E-state index contributed by atoms with van der Waals surface area (Å²) < 4.78 is 43.9. The highest BCUT2D eigenvalue weighted by molar-refractivity contribution is 7.99. The number of hydrogen-bond donors (Lipinski definition) is 1. The maximum Gasteiger partial charge on any atom is 0.335 e. The Labute approximate surface area is 214 Å². The van der Waals surface area contributed by atoms with Crippen molar-refractivity contribution in [1.29, 1.82) is 0 Å². The number of hydrogen-bond acceptors (Lipinski definition) is 4. The summed E-state index contributed by atoms with van der Waals surface area (Å²) in [6, 6.07) is 9.47. The molecule has 1 N–H and O–H groups in total. The summed E-state index contributed by atoms with van der Waals surface area (Å²) in [5, 5.41) is 9.80. The summed E-state index contributed by atoms with van der Waals surface area (Å²) in [6.07, 6.45) is -0.165. The Balaban J connectivity index is 1.40. The molecule has 0 saturated carbocycles. The average Bonchev–Trinajstić information content (AvgIpc) is 3.27. The van der Waals surface area contributed by atoms with Crippen LogP contribution in [0.4, 0.5) is 13.2 Å². The fraction of sp³-hybridized carbons (Fsp3) is 0.360. The van der Waals surface area contributed by atoms with Crippen molar-refractivity contribution >= 4 is 46.1 Å². The van der Waals surface area contributed by atoms with E-state index in [2.05, 4.69) is 0 Å². The van der Waals surface area contributed by atoms with Crippen LogP contribution in [0.3, 0.4) is 0 Å². The molecule has 0 aliphatic carbocycles. The minimum absolute atomic E-state index is 0.0721. The molecule has 1 aromatic heterocycles. The number of likely N-dealkylation sites (tertiary alicyclic amines) is 2. The molecule has 5 rings (SSSR count). The molecular weight excluding hydrogens is 515 g/mol. The lowest BCUT2D eigenvalue weighted by molar-refractivity contribution is -0.139. The van der Waals surface area contributed by atoms with E-state index in [9.17, 15) is 23.5 Å². The van der Waals surface area contributed by atoms with Crippen LogP contribution in [0.25, 0.3) is 10.9 Å². The number of carboxylic acid groups (broad SMARTS) is 1. The molecule has 1 amide bonds. The Morgan fingerprint density at radius 1 is 1.22 bits per heavy atom. The molecule has 11 heteroatoms. The van der Waals surface area contributed by atoms with Gasteiger partial charge in [-0.25, -0.2) is 18.0 Å². The van der Waals surface area contributed by atoms with Crippen LogP contribution < -0.4 is 0 Å². The first-order valence-electron chi connectivity index (χ1n) is 11.4. The quantitative estimate of drug-likeness (QED) is 0.471. The summed E-state index contributed by atoms with van der Waals surface area (Å²) >= 11 is 7.35. The Kier molecular flexibility index (Phi) is 6.46. The maximum absolute atomic E-state index is 15.2. The van der Waals surface area contributed by atoms with E-state index in [-0.39, 0.29) is 47.6 Å². The molecule has 36 heavy (non-hydrogen) atoms. The molecule has 2 fully saturated rings. The molecule has 0 radical (unpaired) electrons. The highest BCUT2D eigenvalue weighted by Crippen LogP contribution is 2.41. The number of benzene rings is 2. The van der Waals surface area contributed by atoms with Gasteiger partial charge in [0.1, 0.15) is 6.54 Å². The minimum atomic E-state index is -2.68. The molecule has 0 spiro atoms. The van der Waals surface area contributed by atoms with Gasteiger partial charge in [-0.1, -0.05) is 29.4 Å². The van der Waals surface area contributed by atoms with Crippen LogP contribution >= 0.6 is 23.4 Å². The first-order valence-corrected chi connectivity index (χ1v) is 12.6. The summed E-state index contributed by atoms with van der Waals surface area (Å²) in [6.45, 7) is 2.40. The number of halogens is 4. The number of fused-ring (bicyclic) bond motifs is 1. The fourth-order valence-electron chi connectivity index (χ4n) is 4.81. The van der Waals surface area contributed by atoms with Crippen molar-refractivity contribution in [2.24, 2.45) is 0 Å². The van der Waals surface area contributed by atoms with E-state index >= 15 is 4.39 Å². The molecule has 3 heterocycles. The second-order valence-electron chi connectivity index (χ2n) is 9.22. The number of alkyl halides is 2. The Hall–Kier alpha value is -2.69. The van der Waals surface area contributed by atoms with Crippen molar-refractivity contribution in [3.8, 4) is 0 Å². The van der Waals surface area contributed by atoms with Gasteiger partial charge in [0.25, 0.3) is 5.92 Å². The molecule has 0 bridgehead atoms. The number of aromatic carboxylic acids is 1. The van der Waals surface area contributed by atoms with Crippen LogP contribution in [0, 0.1) is 12.7 Å². The Bertz CT molecular complexity index is 1370. The maximum atomic E-state index is 15.2. The van der Waals surface area contributed by atoms with Crippen molar-refractivity contribution in [2.75, 3.05) is 26.2 Å². The number of amides is 1. The van der Waals surface area contributed by atoms with Crippen molar-refractivity contribution in [3.05, 3.63) is 58.5 Å². The first-order chi connectivity index (χ1) is 17.0. The van der Waals surface area contributed by atoms with Gasteiger partial charge in [-0.2, -0.15) is 0 Å². The number of nitrogens with zero attached hydrogens (tertiary/aromatic N) is 3. The van der Waals surface area contributed by atoms with Gasteiger partial charge in [0.2, 0.25) is 5.91 Å². The SMILES string of the molecule is Cc1c(Sc2cccc(C(=O)O)c2)c2ccc(Cl)c(F)c2n1CC(=O)N1CC(N2CCC(F)(F)C2)C1. The summed E-state index contributed by atoms with van der Waals surface area (Å²) in [4.78, 5) is 29.1. The van der Waals surface area contributed by atoms with E-state index in [1.165, 1.54) is 30.0 Å². The lowest BCUT2D eigenvalue weighted by Crippen LogP contribution is -2.61. The highest BCUT2D eigenvalue weighted by atomic mass is 35.5. The van der Waals surface area contributed by atoms with Crippen molar-refractivity contribution in [2.45, 2.75) is 41.6 Å². The van der Waals surface area contributed by atoms with E-state index in [1.54, 1.807) is 39.5 Å². The van der Waals surface area contributed by atoms with Crippen LogP contribution in [-0.2, 0) is 11.3 Å². The van der Waals surface area contributed by atoms with Crippen molar-refractivity contribution in [3.63, 3.8) is 0 Å². The van der Waals surface area contributed by atoms with Gasteiger partial charge in [0, 0.05) is 53.0 Å². The third-order valence-corrected chi connectivity index (χ3v) is 8.34. The van der Waals surface area contributed by atoms with Gasteiger partial charge < -0.3 is 14.6 Å². The molecule has 3 aromatic rings. The van der Waals surface area contributed by atoms with Gasteiger partial charge in [0.15, 0.2) is 5.82 Å². The van der Waals surface area contributed by atoms with E-state index in [0.29, 0.717) is 40.5 Å². The monoisotopic (exact) mass is 537 g/mol. The molecule has 190 valence electrons. The van der Waals surface area contributed by atoms with Crippen LogP contribution in [0.1, 0.15) is 22.5 Å². The standard InChI is InChI=1S/C25H23ClF3N3O3S/c1-14-23(36-17-4-2-3-15(9-17)24(34)35)18-5-6-19(26)21(27)22(18)32(14)12-20(33)31-10-16(11-31)30-8-7-25(28,29)13-30/h2-6,9,16H,7-8,10-13H2,1H3,(H,34,35). The van der Waals surface area contributed by atoms with Gasteiger partial charge in [-0.15, -0.1) is 0 Å². The van der Waals surface area contributed by atoms with Crippen LogP contribution in [0.5, 0.6) is 0 Å². The second kappa shape index (κ2) is 9.32. The zero-order valence-corrected chi connectivity index (χ0v) is 20.9. The number of aromatic nitrogens is 1. The van der Waals surface area contributed by atoms with Gasteiger partial charge in [0.05, 0.1) is 22.6 Å². The summed E-state index contributed by atoms with van der Waals surface area (Å²) in [5.41, 5.74) is 0.969. The van der Waals surface area contributed by atoms with Crippen LogP contribution in [0.2, 0.25) is 5.02 Å². The van der Waals surface area contributed by atoms with Gasteiger partial charge in [-0.3, -0.25) is 9.69 Å². The third kappa shape index (κ3) is 4.57. The average molecular weight is 538 g/mol. The fourth-order valence-corrected chi connectivity index (χ4v) is 6.06. The van der Waals surface area contributed by atoms with Gasteiger partial charge >= 0.3 is 5.97 Å². The molecule has 0 unspecified atom stereocenters. The summed E-state index contributed by atoms with van der Waals surface area (Å²) in [7, 11) is 0. The molecular formula is C25H23ClF3N3O3S. The number of carbonyl (C=O) groups excluding carboxylic acids is 1. The topological polar surface area (TPSA) is 65.8 Å². The molecule has 2 aromatic carbocycles. The second-order valence-corrected chi connectivity index (χ2v) is 10.7. The summed E-state index contributed by atoms with van der Waals surface area (Å²) in [5.74, 6) is -4.61. The van der Waals surface area contributed by atoms with Crippen LogP contribution in [-0.4, -0.2) is 69.5 Å². The van der Waals surface area contributed by atoms with Crippen LogP contribution in [0.15, 0.2) is 46.2 Å². The molecule has 2 saturated heterocycles. The predicted octanol–water partition coefficient (Wildman–Crippen LogP) is 5.14. The Morgan fingerprint density at radius 2 is 1.97 bits per heavy atom. The normalized spacial score (nSPS) is 18.1. The zero-order chi connectivity index (χ0) is 25.8. The number of carbonyl (C=O) groups is 2. The highest BCUT2D eigenvalue weighted by Gasteiger charge is 2.45. The van der Waals surface area contributed by atoms with E-state index in [4.69, 9.17) is 11.6 Å². The smallest absolute Gasteiger partial charge is 0.335 e. The molecule has 0 atom stereocenters. The lowest BCUT2D eigenvalue weighted by Gasteiger charge is -2.44. The first kappa shape index (κ1) is 25.0. The van der Waals surface area contributed by atoms with E-state index in [0.717, 1.165) is 0 Å². The van der Waals surface area contributed by atoms with Crippen molar-refractivity contribution in [1.82, 2.24) is 14.4 Å². The largest absolute Gasteiger partial charge is 0.478 e. The zero-order valence-electron chi connectivity index (χ0n) is 19.3. The molecule has 2 aliphatic heterocycles. The predicted molar refractivity (Wildman–Crippen MR) is 131 cm³/mol. The van der Waals surface area contributed by atoms with Crippen molar-refractivity contribution < 1.29 is 27.9 Å². The van der Waals surface area contributed by atoms with E-state index < -0.39 is 17.7 Å².